The van der Waals surface area contributed by atoms with Gasteiger partial charge in [-0.1, -0.05) is 29.8 Å². The maximum atomic E-state index is 14.2. The second kappa shape index (κ2) is 19.3. The van der Waals surface area contributed by atoms with Crippen molar-refractivity contribution in [2.24, 2.45) is 11.5 Å². The van der Waals surface area contributed by atoms with E-state index in [9.17, 15) is 24.0 Å². The number of ether oxygens (including phenoxy) is 2. The maximum Gasteiger partial charge on any atom is 0.252 e. The molecule has 16 heteroatoms. The van der Waals surface area contributed by atoms with Gasteiger partial charge in [-0.2, -0.15) is 0 Å². The molecule has 4 rings (SSSR count). The van der Waals surface area contributed by atoms with Gasteiger partial charge in [0.15, 0.2) is 0 Å². The van der Waals surface area contributed by atoms with Gasteiger partial charge in [-0.05, 0) is 79.7 Å². The fourth-order valence-electron chi connectivity index (χ4n) is 5.84. The van der Waals surface area contributed by atoms with Crippen molar-refractivity contribution in [3.63, 3.8) is 0 Å². The third-order valence-corrected chi connectivity index (χ3v) is 9.29. The van der Waals surface area contributed by atoms with Crippen LogP contribution in [0.4, 0.5) is 0 Å². The molecule has 0 aliphatic carbocycles. The normalized spacial score (nSPS) is 17.1. The van der Waals surface area contributed by atoms with Gasteiger partial charge in [-0.3, -0.25) is 28.7 Å². The lowest BCUT2D eigenvalue weighted by Gasteiger charge is -2.30. The highest BCUT2D eigenvalue weighted by molar-refractivity contribution is 7.99. The fraction of sp³-hybridized carbons (Fsp3) is 0.378. The fourth-order valence-corrected chi connectivity index (χ4v) is 6.34. The molecule has 1 aliphatic heterocycles. The lowest BCUT2D eigenvalue weighted by Crippen LogP contribution is -2.54. The van der Waals surface area contributed by atoms with Crippen molar-refractivity contribution < 1.29 is 33.4 Å². The Morgan fingerprint density at radius 2 is 1.58 bits per heavy atom. The minimum Gasteiger partial charge on any atom is -0.492 e. The van der Waals surface area contributed by atoms with Crippen LogP contribution in [0.15, 0.2) is 54.6 Å². The van der Waals surface area contributed by atoms with Crippen LogP contribution in [0.5, 0.6) is 11.5 Å². The molecule has 53 heavy (non-hydrogen) atoms. The molecule has 0 saturated carbocycles. The number of hydrogen-bond donors (Lipinski definition) is 6. The number of nitrogens with one attached hydrogen (secondary N) is 4. The zero-order valence-electron chi connectivity index (χ0n) is 30.1. The number of carbonyl (C=O) groups excluding carboxylic acids is 5. The van der Waals surface area contributed by atoms with Crippen LogP contribution in [0.2, 0.25) is 0 Å². The van der Waals surface area contributed by atoms with Gasteiger partial charge in [0.25, 0.3) is 11.8 Å². The summed E-state index contributed by atoms with van der Waals surface area (Å²) in [5.41, 5.74) is 15.8. The number of likely N-dealkylation sites (N-methyl/N-ethyl adjacent to an activating group) is 1. The highest BCUT2D eigenvalue weighted by Crippen LogP contribution is 2.40. The number of carbonyl (C=O) groups is 5. The monoisotopic (exact) mass is 767 g/mol. The number of aryl methyl sites for hydroxylation is 2. The lowest BCUT2D eigenvalue weighted by atomic mass is 9.93. The molecule has 0 aromatic heterocycles. The van der Waals surface area contributed by atoms with E-state index in [4.69, 9.17) is 32.5 Å². The average Bonchev–Trinajstić information content (AvgIpc) is 3.13. The molecule has 0 spiro atoms. The van der Waals surface area contributed by atoms with Gasteiger partial charge in [-0.25, -0.2) is 0 Å². The molecule has 8 N–H and O–H groups in total. The van der Waals surface area contributed by atoms with E-state index in [-0.39, 0.29) is 37.9 Å². The highest BCUT2D eigenvalue weighted by Gasteiger charge is 2.33. The molecule has 1 heterocycles. The minimum absolute atomic E-state index is 0.0810. The molecular weight excluding hydrogens is 722 g/mol. The summed E-state index contributed by atoms with van der Waals surface area (Å²) in [6.45, 7) is 5.61. The van der Waals surface area contributed by atoms with Crippen molar-refractivity contribution in [2.45, 2.75) is 45.3 Å². The first-order valence-corrected chi connectivity index (χ1v) is 18.5. The number of nitrogens with two attached hydrogens (primary N) is 2. The number of fused-ring (bicyclic) bond motifs is 5. The molecule has 3 aromatic rings. The smallest absolute Gasteiger partial charge is 0.252 e. The molecule has 14 nitrogen and oxygen atoms in total. The molecular formula is C37H46ClN7O7S. The van der Waals surface area contributed by atoms with E-state index in [0.29, 0.717) is 39.3 Å². The van der Waals surface area contributed by atoms with Gasteiger partial charge in [-0.15, -0.1) is 11.6 Å². The molecule has 2 unspecified atom stereocenters. The van der Waals surface area contributed by atoms with Crippen LogP contribution in [-0.2, 0) is 25.6 Å². The van der Waals surface area contributed by atoms with Gasteiger partial charge >= 0.3 is 0 Å². The summed E-state index contributed by atoms with van der Waals surface area (Å²) in [4.78, 5) is 68.9. The predicted molar refractivity (Wildman–Crippen MR) is 204 cm³/mol. The standard InChI is InChI=1S/C37H46ClN7O7S/c1-21-5-8-26(22(2)15-21)35(48)41-19-32(46)45(4)33-25-7-10-31(52-14-12-40)28(18-25)27-16-24(6-9-30(27)51-13-11-39)17-29(36(49)44-53-20-38)43-34(47)23(3)42-37(33)50/h5-10,15-16,18,23,29,33H,11-14,17,19-20,39-40H2,1-4H3,(H,41,48)(H,42,50)(H,43,47)(H,44,49)/t23-,29?,33?/m0/s1. The van der Waals surface area contributed by atoms with Crippen LogP contribution >= 0.6 is 23.5 Å². The molecule has 1 aliphatic rings. The summed E-state index contributed by atoms with van der Waals surface area (Å²) >= 11 is 6.75. The van der Waals surface area contributed by atoms with Crippen LogP contribution < -0.4 is 41.6 Å². The zero-order chi connectivity index (χ0) is 38.7. The summed E-state index contributed by atoms with van der Waals surface area (Å²) < 4.78 is 14.7. The minimum atomic E-state index is -1.28. The van der Waals surface area contributed by atoms with Crippen molar-refractivity contribution in [1.29, 1.82) is 0 Å². The van der Waals surface area contributed by atoms with Crippen molar-refractivity contribution in [3.8, 4) is 22.6 Å². The Bertz CT molecular complexity index is 1830. The average molecular weight is 768 g/mol. The van der Waals surface area contributed by atoms with Crippen LogP contribution in [-0.4, -0.2) is 91.6 Å². The second-order valence-corrected chi connectivity index (χ2v) is 13.8. The van der Waals surface area contributed by atoms with E-state index in [1.165, 1.54) is 18.9 Å². The third kappa shape index (κ3) is 10.6. The largest absolute Gasteiger partial charge is 0.492 e. The highest BCUT2D eigenvalue weighted by atomic mass is 35.5. The third-order valence-electron chi connectivity index (χ3n) is 8.51. The Morgan fingerprint density at radius 1 is 0.925 bits per heavy atom. The van der Waals surface area contributed by atoms with Gasteiger partial charge < -0.3 is 41.8 Å². The van der Waals surface area contributed by atoms with Gasteiger partial charge in [0.2, 0.25) is 17.7 Å². The number of alkyl halides is 1. The Balaban J connectivity index is 1.82. The maximum absolute atomic E-state index is 14.2. The Kier molecular flexibility index (Phi) is 14.9. The van der Waals surface area contributed by atoms with E-state index in [1.54, 1.807) is 49.4 Å². The van der Waals surface area contributed by atoms with Crippen LogP contribution in [0.1, 0.15) is 45.6 Å². The predicted octanol–water partition coefficient (Wildman–Crippen LogP) is 2.08. The molecule has 0 saturated heterocycles. The van der Waals surface area contributed by atoms with E-state index in [2.05, 4.69) is 20.7 Å². The van der Waals surface area contributed by atoms with Crippen molar-refractivity contribution in [2.75, 3.05) is 45.1 Å². The quantitative estimate of drug-likeness (QED) is 0.110. The Morgan fingerprint density at radius 3 is 2.23 bits per heavy atom. The van der Waals surface area contributed by atoms with E-state index in [1.807, 2.05) is 19.1 Å². The van der Waals surface area contributed by atoms with Crippen molar-refractivity contribution >= 4 is 53.1 Å². The van der Waals surface area contributed by atoms with Crippen LogP contribution in [0.3, 0.4) is 0 Å². The number of benzene rings is 3. The van der Waals surface area contributed by atoms with E-state index >= 15 is 0 Å². The Hall–Kier alpha value is -4.83. The summed E-state index contributed by atoms with van der Waals surface area (Å²) in [5, 5.41) is 8.19. The molecule has 3 aromatic carbocycles. The summed E-state index contributed by atoms with van der Waals surface area (Å²) in [6.07, 6.45) is 0.0810. The first-order chi connectivity index (χ1) is 25.4. The van der Waals surface area contributed by atoms with Crippen molar-refractivity contribution in [3.05, 3.63) is 82.4 Å². The van der Waals surface area contributed by atoms with E-state index < -0.39 is 54.2 Å². The van der Waals surface area contributed by atoms with E-state index in [0.717, 1.165) is 23.1 Å². The van der Waals surface area contributed by atoms with Gasteiger partial charge in [0.05, 0.1) is 11.8 Å². The van der Waals surface area contributed by atoms with Gasteiger partial charge in [0, 0.05) is 43.2 Å². The summed E-state index contributed by atoms with van der Waals surface area (Å²) in [5.74, 6) is -1.97. The number of halogens is 1. The molecule has 5 amide bonds. The topological polar surface area (TPSA) is 207 Å². The van der Waals surface area contributed by atoms with Crippen molar-refractivity contribution in [1.82, 2.24) is 25.6 Å². The molecule has 284 valence electrons. The summed E-state index contributed by atoms with van der Waals surface area (Å²) in [6, 6.07) is 12.3. The first-order valence-electron chi connectivity index (χ1n) is 17.0. The SMILES string of the molecule is Cc1ccc(C(=O)NCC(=O)N(C)C2C(=O)N[C@@H](C)C(=O)NC(C(=O)NSCCl)Cc3ccc(OCCN)c(c3)-c3cc2ccc3OCCN)c(C)c1. The molecule has 0 fully saturated rings. The van der Waals surface area contributed by atoms with Crippen LogP contribution in [0.25, 0.3) is 11.1 Å². The van der Waals surface area contributed by atoms with Crippen LogP contribution in [0, 0.1) is 13.8 Å². The number of amides is 5. The Labute approximate surface area is 318 Å². The molecule has 4 bridgehead atoms. The number of rotatable bonds is 13. The number of nitrogens with zero attached hydrogens (tertiary/aromatic N) is 1. The van der Waals surface area contributed by atoms with Gasteiger partial charge in [0.1, 0.15) is 42.8 Å². The lowest BCUT2D eigenvalue weighted by molar-refractivity contribution is -0.139. The molecule has 3 atom stereocenters. The zero-order valence-corrected chi connectivity index (χ0v) is 31.7. The second-order valence-electron chi connectivity index (χ2n) is 12.5. The summed E-state index contributed by atoms with van der Waals surface area (Å²) in [7, 11) is 1.44. The first kappa shape index (κ1) is 40.9. The molecule has 0 radical (unpaired) electrons. The number of hydrogen-bond acceptors (Lipinski definition) is 10.